The molecule has 0 amide bonds. The van der Waals surface area contributed by atoms with E-state index in [1.165, 1.54) is 0 Å². The second-order valence-corrected chi connectivity index (χ2v) is 3.31. The molecule has 0 aromatic rings. The third-order valence-electron chi connectivity index (χ3n) is 2.02. The summed E-state index contributed by atoms with van der Waals surface area (Å²) >= 11 is 0. The fourth-order valence-corrected chi connectivity index (χ4v) is 1.25. The van der Waals surface area contributed by atoms with Crippen LogP contribution in [0.15, 0.2) is 36.5 Å². The van der Waals surface area contributed by atoms with Crippen LogP contribution in [-0.2, 0) is 0 Å². The van der Waals surface area contributed by atoms with Crippen molar-refractivity contribution < 1.29 is 0 Å². The molecule has 0 heteroatoms. The van der Waals surface area contributed by atoms with Gasteiger partial charge in [-0.15, -0.1) is 0 Å². The molecule has 1 aliphatic rings. The molecular formula is C11H16. The molecule has 0 aliphatic heterocycles. The van der Waals surface area contributed by atoms with E-state index in [2.05, 4.69) is 50.3 Å². The summed E-state index contributed by atoms with van der Waals surface area (Å²) in [6.07, 6.45) is 15.5. The Hall–Kier alpha value is -0.780. The lowest BCUT2D eigenvalue weighted by Crippen LogP contribution is -2.09. The lowest BCUT2D eigenvalue weighted by molar-refractivity contribution is 0.555. The van der Waals surface area contributed by atoms with E-state index in [9.17, 15) is 0 Å². The number of rotatable bonds is 2. The first kappa shape index (κ1) is 8.32. The first-order chi connectivity index (χ1) is 5.27. The maximum absolute atomic E-state index is 2.30. The zero-order chi connectivity index (χ0) is 8.16. The smallest absolute Gasteiger partial charge is 0.00703 e. The first-order valence-corrected chi connectivity index (χ1v) is 4.29. The molecule has 0 fully saturated rings. The van der Waals surface area contributed by atoms with Gasteiger partial charge in [-0.05, 0) is 12.8 Å². The predicted octanol–water partition coefficient (Wildman–Crippen LogP) is 3.48. The minimum absolute atomic E-state index is 0.282. The molecule has 1 atom stereocenters. The van der Waals surface area contributed by atoms with Crippen LogP contribution in [0.3, 0.4) is 0 Å². The van der Waals surface area contributed by atoms with E-state index in [1.807, 2.05) is 0 Å². The molecule has 0 saturated heterocycles. The largest absolute Gasteiger partial charge is 0.0879 e. The summed E-state index contributed by atoms with van der Waals surface area (Å²) in [5, 5.41) is 0. The van der Waals surface area contributed by atoms with Gasteiger partial charge in [-0.25, -0.2) is 0 Å². The summed E-state index contributed by atoms with van der Waals surface area (Å²) in [6.45, 7) is 4.43. The van der Waals surface area contributed by atoms with Crippen molar-refractivity contribution >= 4 is 0 Å². The van der Waals surface area contributed by atoms with Gasteiger partial charge in [-0.3, -0.25) is 0 Å². The Bertz CT molecular complexity index is 196. The lowest BCUT2D eigenvalue weighted by atomic mass is 9.83. The molecule has 0 nitrogen and oxygen atoms in total. The van der Waals surface area contributed by atoms with E-state index in [-0.39, 0.29) is 5.41 Å². The van der Waals surface area contributed by atoms with Crippen molar-refractivity contribution in [3.63, 3.8) is 0 Å². The Morgan fingerprint density at radius 1 is 1.45 bits per heavy atom. The summed E-state index contributed by atoms with van der Waals surface area (Å²) in [5.74, 6) is 0. The molecular weight excluding hydrogens is 132 g/mol. The van der Waals surface area contributed by atoms with Gasteiger partial charge in [0.1, 0.15) is 0 Å². The van der Waals surface area contributed by atoms with Crippen molar-refractivity contribution in [1.82, 2.24) is 0 Å². The van der Waals surface area contributed by atoms with Crippen LogP contribution in [0.4, 0.5) is 0 Å². The van der Waals surface area contributed by atoms with Crippen molar-refractivity contribution in [3.05, 3.63) is 36.5 Å². The van der Waals surface area contributed by atoms with Crippen LogP contribution >= 0.6 is 0 Å². The fourth-order valence-electron chi connectivity index (χ4n) is 1.25. The van der Waals surface area contributed by atoms with Crippen molar-refractivity contribution in [2.24, 2.45) is 5.41 Å². The molecule has 0 bridgehead atoms. The van der Waals surface area contributed by atoms with E-state index < -0.39 is 0 Å². The SMILES string of the molecule is CCC=CC1(C)C=CC=CC1. The summed E-state index contributed by atoms with van der Waals surface area (Å²) in [6, 6.07) is 0. The quantitative estimate of drug-likeness (QED) is 0.526. The highest BCUT2D eigenvalue weighted by molar-refractivity contribution is 5.21. The molecule has 60 valence electrons. The predicted molar refractivity (Wildman–Crippen MR) is 50.4 cm³/mol. The number of allylic oxidation sites excluding steroid dienone is 6. The lowest BCUT2D eigenvalue weighted by Gasteiger charge is -2.21. The minimum atomic E-state index is 0.282. The summed E-state index contributed by atoms with van der Waals surface area (Å²) in [7, 11) is 0. The zero-order valence-corrected chi connectivity index (χ0v) is 7.38. The van der Waals surface area contributed by atoms with E-state index in [1.54, 1.807) is 0 Å². The molecule has 0 aromatic carbocycles. The van der Waals surface area contributed by atoms with Gasteiger partial charge >= 0.3 is 0 Å². The fraction of sp³-hybridized carbons (Fsp3) is 0.455. The van der Waals surface area contributed by atoms with Crippen molar-refractivity contribution in [2.75, 3.05) is 0 Å². The second-order valence-electron chi connectivity index (χ2n) is 3.31. The molecule has 11 heavy (non-hydrogen) atoms. The van der Waals surface area contributed by atoms with Gasteiger partial charge in [0.2, 0.25) is 0 Å². The molecule has 1 unspecified atom stereocenters. The van der Waals surface area contributed by atoms with Crippen LogP contribution in [0, 0.1) is 5.41 Å². The van der Waals surface area contributed by atoms with E-state index >= 15 is 0 Å². The third-order valence-corrected chi connectivity index (χ3v) is 2.02. The van der Waals surface area contributed by atoms with Gasteiger partial charge < -0.3 is 0 Å². The van der Waals surface area contributed by atoms with Crippen LogP contribution in [0.1, 0.15) is 26.7 Å². The van der Waals surface area contributed by atoms with Crippen LogP contribution in [0.25, 0.3) is 0 Å². The Morgan fingerprint density at radius 2 is 2.27 bits per heavy atom. The molecule has 0 spiro atoms. The van der Waals surface area contributed by atoms with Crippen molar-refractivity contribution in [3.8, 4) is 0 Å². The highest BCUT2D eigenvalue weighted by Crippen LogP contribution is 2.28. The van der Waals surface area contributed by atoms with Crippen LogP contribution in [0.2, 0.25) is 0 Å². The standard InChI is InChI=1S/C11H16/c1-3-4-8-11(2)9-6-5-7-10-11/h4-9H,3,10H2,1-2H3. The van der Waals surface area contributed by atoms with Crippen LogP contribution < -0.4 is 0 Å². The van der Waals surface area contributed by atoms with Crippen molar-refractivity contribution in [1.29, 1.82) is 0 Å². The molecule has 1 rings (SSSR count). The highest BCUT2D eigenvalue weighted by Gasteiger charge is 2.15. The summed E-state index contributed by atoms with van der Waals surface area (Å²) in [5.41, 5.74) is 0.282. The maximum Gasteiger partial charge on any atom is 0.00703 e. The molecule has 0 N–H and O–H groups in total. The van der Waals surface area contributed by atoms with Crippen molar-refractivity contribution in [2.45, 2.75) is 26.7 Å². The Morgan fingerprint density at radius 3 is 2.82 bits per heavy atom. The minimum Gasteiger partial charge on any atom is -0.0879 e. The topological polar surface area (TPSA) is 0 Å². The van der Waals surface area contributed by atoms with E-state index in [4.69, 9.17) is 0 Å². The normalized spacial score (nSPS) is 30.0. The molecule has 0 radical (unpaired) electrons. The van der Waals surface area contributed by atoms with Gasteiger partial charge in [0.15, 0.2) is 0 Å². The highest BCUT2D eigenvalue weighted by atomic mass is 14.2. The number of hydrogen-bond acceptors (Lipinski definition) is 0. The summed E-state index contributed by atoms with van der Waals surface area (Å²) < 4.78 is 0. The molecule has 1 aliphatic carbocycles. The monoisotopic (exact) mass is 148 g/mol. The Balaban J connectivity index is 2.60. The zero-order valence-electron chi connectivity index (χ0n) is 7.38. The molecule has 0 aromatic heterocycles. The van der Waals surface area contributed by atoms with Gasteiger partial charge in [-0.2, -0.15) is 0 Å². The number of hydrogen-bond donors (Lipinski definition) is 0. The maximum atomic E-state index is 2.30. The Labute approximate surface area is 69.3 Å². The van der Waals surface area contributed by atoms with Gasteiger partial charge in [0.25, 0.3) is 0 Å². The van der Waals surface area contributed by atoms with Crippen LogP contribution in [0.5, 0.6) is 0 Å². The van der Waals surface area contributed by atoms with Gasteiger partial charge in [-0.1, -0.05) is 50.3 Å². The van der Waals surface area contributed by atoms with E-state index in [0.717, 1.165) is 12.8 Å². The van der Waals surface area contributed by atoms with Gasteiger partial charge in [0, 0.05) is 5.41 Å². The second kappa shape index (κ2) is 3.56. The van der Waals surface area contributed by atoms with E-state index in [0.29, 0.717) is 0 Å². The molecule has 0 heterocycles. The first-order valence-electron chi connectivity index (χ1n) is 4.29. The molecule has 0 saturated carbocycles. The average Bonchev–Trinajstić information content (AvgIpc) is 2.03. The van der Waals surface area contributed by atoms with Crippen LogP contribution in [-0.4, -0.2) is 0 Å². The third kappa shape index (κ3) is 2.38. The van der Waals surface area contributed by atoms with Gasteiger partial charge in [0.05, 0.1) is 0 Å². The average molecular weight is 148 g/mol. The summed E-state index contributed by atoms with van der Waals surface area (Å²) in [4.78, 5) is 0. The Kier molecular flexibility index (Phi) is 2.70.